The Labute approximate surface area is 112 Å². The van der Waals surface area contributed by atoms with Gasteiger partial charge in [-0.25, -0.2) is 0 Å². The van der Waals surface area contributed by atoms with Gasteiger partial charge in [0.2, 0.25) is 0 Å². The number of nitrogens with two attached hydrogens (primary N) is 2. The van der Waals surface area contributed by atoms with Gasteiger partial charge in [0.15, 0.2) is 11.7 Å². The largest absolute Gasteiger partial charge is 0.495 e. The normalized spacial score (nSPS) is 9.72. The molecule has 1 amide bonds. The number of methoxy groups -OCH3 is 1. The molecule has 0 aliphatic heterocycles. The molecule has 0 saturated carbocycles. The fourth-order valence-electron chi connectivity index (χ4n) is 1.37. The molecule has 1 aromatic carbocycles. The first kappa shape index (κ1) is 14.2. The van der Waals surface area contributed by atoms with Crippen molar-refractivity contribution >= 4 is 33.6 Å². The first-order valence-electron chi connectivity index (χ1n) is 4.89. The third-order valence-electron chi connectivity index (χ3n) is 2.10. The molecule has 0 atom stereocenters. The van der Waals surface area contributed by atoms with Crippen molar-refractivity contribution in [1.82, 2.24) is 0 Å². The summed E-state index contributed by atoms with van der Waals surface area (Å²) in [5, 5.41) is 0. The SMILES string of the molecule is COc1c(Br)cc(C(=O)N=C(N)N)cc1C(C)=O. The summed E-state index contributed by atoms with van der Waals surface area (Å²) in [7, 11) is 1.43. The number of hydrogen-bond acceptors (Lipinski definition) is 3. The van der Waals surface area contributed by atoms with Crippen LogP contribution in [0.25, 0.3) is 0 Å². The molecule has 1 aromatic rings. The van der Waals surface area contributed by atoms with Crippen LogP contribution in [0.2, 0.25) is 0 Å². The number of amides is 1. The molecule has 0 aliphatic rings. The molecule has 96 valence electrons. The summed E-state index contributed by atoms with van der Waals surface area (Å²) >= 11 is 3.22. The van der Waals surface area contributed by atoms with E-state index in [1.165, 1.54) is 26.2 Å². The summed E-state index contributed by atoms with van der Waals surface area (Å²) in [5.41, 5.74) is 10.7. The van der Waals surface area contributed by atoms with Gasteiger partial charge in [-0.3, -0.25) is 9.59 Å². The van der Waals surface area contributed by atoms with Crippen molar-refractivity contribution in [2.75, 3.05) is 7.11 Å². The molecule has 18 heavy (non-hydrogen) atoms. The number of carbonyl (C=O) groups is 2. The number of ether oxygens (including phenoxy) is 1. The van der Waals surface area contributed by atoms with Crippen LogP contribution in [0.4, 0.5) is 0 Å². The first-order valence-corrected chi connectivity index (χ1v) is 5.68. The first-order chi connectivity index (χ1) is 8.36. The number of aliphatic imine (C=N–C) groups is 1. The highest BCUT2D eigenvalue weighted by atomic mass is 79.9. The Hall–Kier alpha value is -1.89. The molecule has 0 bridgehead atoms. The summed E-state index contributed by atoms with van der Waals surface area (Å²) in [6.45, 7) is 1.37. The number of Topliss-reactive ketones (excluding diaryl/α,β-unsaturated/α-hetero) is 1. The minimum absolute atomic E-state index is 0.196. The van der Waals surface area contributed by atoms with Gasteiger partial charge in [-0.05, 0) is 35.0 Å². The molecule has 7 heteroatoms. The van der Waals surface area contributed by atoms with Crippen LogP contribution < -0.4 is 16.2 Å². The van der Waals surface area contributed by atoms with Gasteiger partial charge in [0.05, 0.1) is 17.1 Å². The van der Waals surface area contributed by atoms with Crippen molar-refractivity contribution in [2.24, 2.45) is 16.5 Å². The summed E-state index contributed by atoms with van der Waals surface area (Å²) in [6, 6.07) is 2.88. The number of halogens is 1. The lowest BCUT2D eigenvalue weighted by Crippen LogP contribution is -2.24. The molecule has 6 nitrogen and oxygen atoms in total. The zero-order chi connectivity index (χ0) is 13.9. The Balaban J connectivity index is 3.38. The van der Waals surface area contributed by atoms with Crippen molar-refractivity contribution in [1.29, 1.82) is 0 Å². The third kappa shape index (κ3) is 3.07. The quantitative estimate of drug-likeness (QED) is 0.493. The molecule has 0 fully saturated rings. The smallest absolute Gasteiger partial charge is 0.280 e. The van der Waals surface area contributed by atoms with E-state index in [1.807, 2.05) is 0 Å². The van der Waals surface area contributed by atoms with E-state index < -0.39 is 5.91 Å². The highest BCUT2D eigenvalue weighted by molar-refractivity contribution is 9.10. The number of rotatable bonds is 3. The second-order valence-electron chi connectivity index (χ2n) is 3.44. The molecule has 1 rings (SSSR count). The average Bonchev–Trinajstić information content (AvgIpc) is 2.26. The van der Waals surface area contributed by atoms with Crippen LogP contribution in [-0.2, 0) is 0 Å². The van der Waals surface area contributed by atoms with Crippen LogP contribution in [0.15, 0.2) is 21.6 Å². The number of ketones is 1. The fraction of sp³-hybridized carbons (Fsp3) is 0.182. The summed E-state index contributed by atoms with van der Waals surface area (Å²) < 4.78 is 5.57. The number of guanidine groups is 1. The topological polar surface area (TPSA) is 108 Å². The molecule has 0 saturated heterocycles. The second-order valence-corrected chi connectivity index (χ2v) is 4.29. The van der Waals surface area contributed by atoms with Gasteiger partial charge in [0.25, 0.3) is 5.91 Å². The van der Waals surface area contributed by atoms with Crippen LogP contribution in [0.3, 0.4) is 0 Å². The second kappa shape index (κ2) is 5.63. The fourth-order valence-corrected chi connectivity index (χ4v) is 1.99. The molecule has 0 aromatic heterocycles. The van der Waals surface area contributed by atoms with E-state index in [4.69, 9.17) is 16.2 Å². The van der Waals surface area contributed by atoms with E-state index in [1.54, 1.807) is 0 Å². The molecule has 0 radical (unpaired) electrons. The van der Waals surface area contributed by atoms with Crippen molar-refractivity contribution < 1.29 is 14.3 Å². The standard InChI is InChI=1S/C11H12BrN3O3/c1-5(16)7-3-6(10(17)15-11(13)14)4-8(12)9(7)18-2/h3-4H,1-2H3,(H4,13,14,15,17). The van der Waals surface area contributed by atoms with Gasteiger partial charge in [-0.15, -0.1) is 0 Å². The molecular formula is C11H12BrN3O3. The Bertz CT molecular complexity index is 537. The summed E-state index contributed by atoms with van der Waals surface area (Å²) in [4.78, 5) is 26.5. The lowest BCUT2D eigenvalue weighted by molar-refractivity contribution is 0.100. The predicted molar refractivity (Wildman–Crippen MR) is 70.8 cm³/mol. The third-order valence-corrected chi connectivity index (χ3v) is 2.69. The number of nitrogens with zero attached hydrogens (tertiary/aromatic N) is 1. The highest BCUT2D eigenvalue weighted by Crippen LogP contribution is 2.31. The molecule has 4 N–H and O–H groups in total. The number of carbonyl (C=O) groups excluding carboxylic acids is 2. The maximum atomic E-state index is 11.7. The highest BCUT2D eigenvalue weighted by Gasteiger charge is 2.16. The Morgan fingerprint density at radius 3 is 2.39 bits per heavy atom. The molecule has 0 aliphatic carbocycles. The van der Waals surface area contributed by atoms with Crippen molar-refractivity contribution in [3.63, 3.8) is 0 Å². The zero-order valence-electron chi connectivity index (χ0n) is 9.86. The van der Waals surface area contributed by atoms with E-state index in [0.29, 0.717) is 10.2 Å². The number of hydrogen-bond donors (Lipinski definition) is 2. The lowest BCUT2D eigenvalue weighted by atomic mass is 10.1. The monoisotopic (exact) mass is 313 g/mol. The Morgan fingerprint density at radius 2 is 1.94 bits per heavy atom. The predicted octanol–water partition coefficient (Wildman–Crippen LogP) is 1.07. The minimum atomic E-state index is -0.624. The maximum Gasteiger partial charge on any atom is 0.280 e. The lowest BCUT2D eigenvalue weighted by Gasteiger charge is -2.09. The molecular weight excluding hydrogens is 302 g/mol. The summed E-state index contributed by atoms with van der Waals surface area (Å²) in [5.74, 6) is -0.826. The minimum Gasteiger partial charge on any atom is -0.495 e. The van der Waals surface area contributed by atoms with E-state index >= 15 is 0 Å². The molecule has 0 heterocycles. The van der Waals surface area contributed by atoms with E-state index in [0.717, 1.165) is 0 Å². The van der Waals surface area contributed by atoms with E-state index in [-0.39, 0.29) is 22.9 Å². The van der Waals surface area contributed by atoms with Gasteiger partial charge in [-0.1, -0.05) is 0 Å². The van der Waals surface area contributed by atoms with Gasteiger partial charge >= 0.3 is 0 Å². The van der Waals surface area contributed by atoms with Crippen LogP contribution in [-0.4, -0.2) is 24.8 Å². The van der Waals surface area contributed by atoms with Crippen LogP contribution >= 0.6 is 15.9 Å². The zero-order valence-corrected chi connectivity index (χ0v) is 11.4. The molecule has 0 unspecified atom stereocenters. The summed E-state index contributed by atoms with van der Waals surface area (Å²) in [6.07, 6.45) is 0. The van der Waals surface area contributed by atoms with Gasteiger partial charge in [0.1, 0.15) is 5.75 Å². The number of benzene rings is 1. The molecule has 0 spiro atoms. The van der Waals surface area contributed by atoms with Crippen molar-refractivity contribution in [2.45, 2.75) is 6.92 Å². The maximum absolute atomic E-state index is 11.7. The average molecular weight is 314 g/mol. The van der Waals surface area contributed by atoms with Crippen LogP contribution in [0.1, 0.15) is 27.6 Å². The Kier molecular flexibility index (Phi) is 4.43. The van der Waals surface area contributed by atoms with E-state index in [2.05, 4.69) is 20.9 Å². The van der Waals surface area contributed by atoms with Crippen LogP contribution in [0, 0.1) is 0 Å². The van der Waals surface area contributed by atoms with E-state index in [9.17, 15) is 9.59 Å². The van der Waals surface area contributed by atoms with Gasteiger partial charge in [-0.2, -0.15) is 4.99 Å². The van der Waals surface area contributed by atoms with Crippen LogP contribution in [0.5, 0.6) is 5.75 Å². The van der Waals surface area contributed by atoms with Gasteiger partial charge < -0.3 is 16.2 Å². The van der Waals surface area contributed by atoms with Crippen molar-refractivity contribution in [3.8, 4) is 5.75 Å². The Morgan fingerprint density at radius 1 is 1.33 bits per heavy atom. The van der Waals surface area contributed by atoms with Crippen molar-refractivity contribution in [3.05, 3.63) is 27.7 Å². The van der Waals surface area contributed by atoms with Gasteiger partial charge in [0, 0.05) is 5.56 Å².